The molecule has 72 heavy (non-hydrogen) atoms. The second-order valence-electron chi connectivity index (χ2n) is 18.6. The molecule has 0 spiro atoms. The van der Waals surface area contributed by atoms with Gasteiger partial charge in [-0.2, -0.15) is 0 Å². The van der Waals surface area contributed by atoms with Crippen molar-refractivity contribution >= 4 is 57.7 Å². The summed E-state index contributed by atoms with van der Waals surface area (Å²) in [6, 6.07) is 58.3. The highest BCUT2D eigenvalue weighted by Gasteiger charge is 2.56. The highest BCUT2D eigenvalue weighted by molar-refractivity contribution is 8.00. The lowest BCUT2D eigenvalue weighted by molar-refractivity contribution is -0.159. The number of thioether (sulfide) groups is 1. The van der Waals surface area contributed by atoms with Crippen LogP contribution in [0.25, 0.3) is 0 Å². The lowest BCUT2D eigenvalue weighted by Crippen LogP contribution is -2.71. The molecule has 2 saturated heterocycles. The van der Waals surface area contributed by atoms with E-state index in [0.717, 1.165) is 33.4 Å². The van der Waals surface area contributed by atoms with Gasteiger partial charge in [-0.05, 0) is 43.9 Å². The summed E-state index contributed by atoms with van der Waals surface area (Å²) in [6.45, 7) is 5.23. The number of rotatable bonds is 15. The van der Waals surface area contributed by atoms with Crippen LogP contribution in [0.2, 0.25) is 0 Å². The van der Waals surface area contributed by atoms with Gasteiger partial charge in [-0.25, -0.2) is 9.78 Å². The van der Waals surface area contributed by atoms with Crippen LogP contribution in [0, 0.1) is 0 Å². The standard InChI is InChI=1S/C58H51N5O7S2/c1-56(2,3)69-54(67)50-44(45-34-35-47(64)68-45)37-71-53-49(52(66)63(50)53)60-51(65)48(62-70-58(41-28-16-7-17-29-41,42-30-18-8-19-31-42)43-32-20-9-21-33-43)46-36-59-55(72-46)61-57(38-22-10-4-11-23-38,39-24-12-5-13-25-39)40-26-14-6-15-27-40/h4-33,36,45,49,53H,34-35,37H2,1-3H3,(H,59,61)(H,60,65)/t45-,49+,53+/m0/s1. The Morgan fingerprint density at radius 2 is 1.17 bits per heavy atom. The largest absolute Gasteiger partial charge is 0.458 e. The van der Waals surface area contributed by atoms with Crippen molar-refractivity contribution in [1.82, 2.24) is 15.2 Å². The average Bonchev–Trinajstić information content (AvgIpc) is 4.07. The number of amides is 2. The first kappa shape index (κ1) is 47.8. The van der Waals surface area contributed by atoms with E-state index in [1.807, 2.05) is 146 Å². The minimum absolute atomic E-state index is 0.0383. The zero-order chi connectivity index (χ0) is 49.9. The first-order valence-corrected chi connectivity index (χ1v) is 25.6. The molecule has 10 rings (SSSR count). The molecular weight excluding hydrogens is 943 g/mol. The van der Waals surface area contributed by atoms with Crippen LogP contribution >= 0.6 is 23.1 Å². The molecule has 4 heterocycles. The van der Waals surface area contributed by atoms with Crippen molar-refractivity contribution in [2.45, 2.75) is 67.9 Å². The van der Waals surface area contributed by atoms with E-state index in [0.29, 0.717) is 22.0 Å². The molecule has 0 aliphatic carbocycles. The summed E-state index contributed by atoms with van der Waals surface area (Å²) in [6.07, 6.45) is 1.47. The normalized spacial score (nSPS) is 18.1. The summed E-state index contributed by atoms with van der Waals surface area (Å²) < 4.78 is 11.4. The summed E-state index contributed by atoms with van der Waals surface area (Å²) in [4.78, 5) is 69.6. The Labute approximate surface area is 426 Å². The van der Waals surface area contributed by atoms with E-state index in [4.69, 9.17) is 24.5 Å². The number of carbonyl (C=O) groups is 4. The molecule has 14 heteroatoms. The number of fused-ring (bicyclic) bond motifs is 1. The van der Waals surface area contributed by atoms with Gasteiger partial charge in [0.05, 0.1) is 4.88 Å². The SMILES string of the molecule is CC(C)(C)OC(=O)C1=C([C@@H]2CCC(=O)O2)CS[C@@H]2[C@H](NC(=O)C(=NOC(c3ccccc3)(c3ccccc3)c3ccccc3)c3cnc(NC(c4ccccc4)(c4ccccc4)c4ccccc4)s3)C(=O)N12. The van der Waals surface area contributed by atoms with Crippen LogP contribution in [0.4, 0.5) is 5.13 Å². The van der Waals surface area contributed by atoms with E-state index in [-0.39, 0.29) is 29.6 Å². The molecule has 2 amide bonds. The number of hydrogen-bond donors (Lipinski definition) is 2. The molecule has 362 valence electrons. The topological polar surface area (TPSA) is 149 Å². The van der Waals surface area contributed by atoms with Crippen LogP contribution in [-0.4, -0.2) is 68.2 Å². The first-order chi connectivity index (χ1) is 35.0. The number of ether oxygens (including phenoxy) is 2. The quantitative estimate of drug-likeness (QED) is 0.0334. The summed E-state index contributed by atoms with van der Waals surface area (Å²) in [7, 11) is 0. The maximum absolute atomic E-state index is 15.3. The van der Waals surface area contributed by atoms with E-state index < -0.39 is 52.0 Å². The number of hydrogen-bond acceptors (Lipinski definition) is 12. The number of anilines is 1. The number of cyclic esters (lactones) is 1. The van der Waals surface area contributed by atoms with Gasteiger partial charge in [0.2, 0.25) is 5.60 Å². The smallest absolute Gasteiger partial charge is 0.355 e. The average molecular weight is 994 g/mol. The van der Waals surface area contributed by atoms with Crippen LogP contribution in [0.15, 0.2) is 205 Å². The molecule has 3 aliphatic heterocycles. The third kappa shape index (κ3) is 9.19. The van der Waals surface area contributed by atoms with Gasteiger partial charge in [-0.15, -0.1) is 11.8 Å². The summed E-state index contributed by atoms with van der Waals surface area (Å²) >= 11 is 2.58. The second kappa shape index (κ2) is 20.1. The van der Waals surface area contributed by atoms with Crippen molar-refractivity contribution in [1.29, 1.82) is 0 Å². The zero-order valence-electron chi connectivity index (χ0n) is 39.8. The van der Waals surface area contributed by atoms with Gasteiger partial charge >= 0.3 is 11.9 Å². The molecule has 0 saturated carbocycles. The predicted molar refractivity (Wildman–Crippen MR) is 279 cm³/mol. The lowest BCUT2D eigenvalue weighted by atomic mass is 9.77. The van der Waals surface area contributed by atoms with E-state index in [2.05, 4.69) is 47.0 Å². The number of nitrogens with one attached hydrogen (secondary N) is 2. The van der Waals surface area contributed by atoms with E-state index in [1.165, 1.54) is 28.0 Å². The highest BCUT2D eigenvalue weighted by Crippen LogP contribution is 2.46. The molecule has 7 aromatic rings. The number of aromatic nitrogens is 1. The van der Waals surface area contributed by atoms with E-state index >= 15 is 4.79 Å². The molecule has 6 aromatic carbocycles. The van der Waals surface area contributed by atoms with Crippen LogP contribution < -0.4 is 10.6 Å². The molecule has 0 bridgehead atoms. The number of thiazole rings is 1. The Kier molecular flexibility index (Phi) is 13.4. The van der Waals surface area contributed by atoms with Crippen molar-refractivity contribution < 1.29 is 33.5 Å². The Morgan fingerprint density at radius 1 is 0.694 bits per heavy atom. The van der Waals surface area contributed by atoms with Crippen LogP contribution in [0.3, 0.4) is 0 Å². The van der Waals surface area contributed by atoms with E-state index in [9.17, 15) is 14.4 Å². The Morgan fingerprint density at radius 3 is 1.61 bits per heavy atom. The van der Waals surface area contributed by atoms with Gasteiger partial charge < -0.3 is 24.9 Å². The molecule has 2 N–H and O–H groups in total. The molecule has 12 nitrogen and oxygen atoms in total. The molecule has 0 unspecified atom stereocenters. The Balaban J connectivity index is 1.07. The lowest BCUT2D eigenvalue weighted by Gasteiger charge is -2.50. The third-order valence-electron chi connectivity index (χ3n) is 12.8. The van der Waals surface area contributed by atoms with Crippen molar-refractivity contribution in [2.24, 2.45) is 5.16 Å². The van der Waals surface area contributed by atoms with Crippen LogP contribution in [0.5, 0.6) is 0 Å². The van der Waals surface area contributed by atoms with Gasteiger partial charge in [0.25, 0.3) is 11.8 Å². The number of oxime groups is 1. The van der Waals surface area contributed by atoms with Crippen molar-refractivity contribution in [2.75, 3.05) is 11.1 Å². The minimum atomic E-state index is -1.36. The van der Waals surface area contributed by atoms with Gasteiger partial charge in [0.1, 0.15) is 34.4 Å². The van der Waals surface area contributed by atoms with Gasteiger partial charge in [-0.3, -0.25) is 19.3 Å². The van der Waals surface area contributed by atoms with Crippen molar-refractivity contribution in [3.05, 3.63) is 238 Å². The number of esters is 2. The van der Waals surface area contributed by atoms with Crippen LogP contribution in [-0.2, 0) is 44.6 Å². The molecule has 0 radical (unpaired) electrons. The van der Waals surface area contributed by atoms with Gasteiger partial charge in [-0.1, -0.05) is 198 Å². The molecule has 3 aliphatic rings. The number of benzene rings is 6. The first-order valence-electron chi connectivity index (χ1n) is 23.7. The molecule has 2 fully saturated rings. The van der Waals surface area contributed by atoms with E-state index in [1.54, 1.807) is 27.0 Å². The monoisotopic (exact) mass is 993 g/mol. The fourth-order valence-electron chi connectivity index (χ4n) is 9.56. The molecule has 1 aromatic heterocycles. The number of nitrogens with zero attached hydrogens (tertiary/aromatic N) is 3. The third-order valence-corrected chi connectivity index (χ3v) is 15.1. The maximum atomic E-state index is 15.3. The second-order valence-corrected chi connectivity index (χ2v) is 20.7. The van der Waals surface area contributed by atoms with Gasteiger partial charge in [0, 0.05) is 40.6 Å². The van der Waals surface area contributed by atoms with Crippen LogP contribution in [0.1, 0.15) is 71.9 Å². The van der Waals surface area contributed by atoms with Gasteiger partial charge in [0.15, 0.2) is 10.8 Å². The minimum Gasteiger partial charge on any atom is -0.458 e. The maximum Gasteiger partial charge on any atom is 0.355 e. The van der Waals surface area contributed by atoms with Crippen molar-refractivity contribution in [3.63, 3.8) is 0 Å². The Bertz CT molecular complexity index is 2960. The highest BCUT2D eigenvalue weighted by atomic mass is 32.2. The summed E-state index contributed by atoms with van der Waals surface area (Å²) in [5.41, 5.74) is 2.37. The number of β-lactam (4-membered cyclic amide) rings is 1. The molecule has 3 atom stereocenters. The van der Waals surface area contributed by atoms with Crippen molar-refractivity contribution in [3.8, 4) is 0 Å². The fraction of sp³-hybridized carbons (Fsp3) is 0.207. The molecular formula is C58H51N5O7S2. The fourth-order valence-corrected chi connectivity index (χ4v) is 11.8. The summed E-state index contributed by atoms with van der Waals surface area (Å²) in [5, 5.41) is 11.4. The zero-order valence-corrected chi connectivity index (χ0v) is 41.4. The number of carbonyl (C=O) groups excluding carboxylic acids is 4. The predicted octanol–water partition coefficient (Wildman–Crippen LogP) is 9.96. The Hall–Kier alpha value is -7.81. The summed E-state index contributed by atoms with van der Waals surface area (Å²) in [5.74, 6) is -2.05.